The lowest BCUT2D eigenvalue weighted by atomic mass is 9.79. The maximum absolute atomic E-state index is 10.6. The Morgan fingerprint density at radius 3 is 2.86 bits per heavy atom. The predicted octanol–water partition coefficient (Wildman–Crippen LogP) is 5.30. The number of aliphatic hydroxyl groups excluding tert-OH is 1. The van der Waals surface area contributed by atoms with E-state index in [-0.39, 0.29) is 6.10 Å². The summed E-state index contributed by atoms with van der Waals surface area (Å²) in [5, 5.41) is 10.6. The molecular formula is C19H21BrO. The highest BCUT2D eigenvalue weighted by atomic mass is 79.9. The van der Waals surface area contributed by atoms with Gasteiger partial charge in [-0.3, -0.25) is 0 Å². The molecule has 3 rings (SSSR count). The van der Waals surface area contributed by atoms with E-state index in [0.717, 1.165) is 16.5 Å². The van der Waals surface area contributed by atoms with Crippen LogP contribution >= 0.6 is 15.9 Å². The van der Waals surface area contributed by atoms with E-state index in [1.807, 2.05) is 12.1 Å². The van der Waals surface area contributed by atoms with Gasteiger partial charge in [-0.1, -0.05) is 52.3 Å². The minimum Gasteiger partial charge on any atom is -0.388 e. The highest BCUT2D eigenvalue weighted by Gasteiger charge is 2.23. The van der Waals surface area contributed by atoms with Crippen LogP contribution in [0.1, 0.15) is 53.5 Å². The van der Waals surface area contributed by atoms with Gasteiger partial charge >= 0.3 is 0 Å². The van der Waals surface area contributed by atoms with E-state index in [9.17, 15) is 5.11 Å². The molecule has 0 aromatic heterocycles. The molecule has 0 saturated heterocycles. The normalized spacial score (nSPS) is 19.1. The predicted molar refractivity (Wildman–Crippen MR) is 90.6 cm³/mol. The second-order valence-electron chi connectivity index (χ2n) is 6.05. The summed E-state index contributed by atoms with van der Waals surface area (Å²) in [6.45, 7) is 2.07. The van der Waals surface area contributed by atoms with Crippen LogP contribution in [0.2, 0.25) is 0 Å². The van der Waals surface area contributed by atoms with Gasteiger partial charge in [-0.05, 0) is 66.8 Å². The fourth-order valence-corrected chi connectivity index (χ4v) is 3.63. The van der Waals surface area contributed by atoms with Crippen molar-refractivity contribution in [2.24, 2.45) is 0 Å². The molecule has 110 valence electrons. The minimum absolute atomic E-state index is 0.382. The third kappa shape index (κ3) is 3.22. The molecule has 0 radical (unpaired) electrons. The molecule has 21 heavy (non-hydrogen) atoms. The topological polar surface area (TPSA) is 20.2 Å². The molecule has 0 bridgehead atoms. The lowest BCUT2D eigenvalue weighted by Gasteiger charge is -2.27. The first kappa shape index (κ1) is 14.8. The molecule has 2 aromatic carbocycles. The molecule has 0 saturated carbocycles. The van der Waals surface area contributed by atoms with Crippen molar-refractivity contribution < 1.29 is 5.11 Å². The van der Waals surface area contributed by atoms with E-state index in [2.05, 4.69) is 53.2 Å². The first-order valence-corrected chi connectivity index (χ1v) is 8.46. The van der Waals surface area contributed by atoms with Gasteiger partial charge < -0.3 is 5.11 Å². The van der Waals surface area contributed by atoms with Crippen LogP contribution in [0, 0.1) is 6.92 Å². The molecule has 1 nitrogen and oxygen atoms in total. The monoisotopic (exact) mass is 344 g/mol. The molecule has 1 aliphatic rings. The smallest absolute Gasteiger partial charge is 0.0796 e. The summed E-state index contributed by atoms with van der Waals surface area (Å²) in [7, 11) is 0. The second-order valence-corrected chi connectivity index (χ2v) is 6.90. The summed E-state index contributed by atoms with van der Waals surface area (Å²) in [6.07, 6.45) is 4.03. The van der Waals surface area contributed by atoms with Gasteiger partial charge in [0.05, 0.1) is 6.10 Å². The van der Waals surface area contributed by atoms with Crippen LogP contribution in [0.5, 0.6) is 0 Å². The summed E-state index contributed by atoms with van der Waals surface area (Å²) in [5.74, 6) is 0.480. The van der Waals surface area contributed by atoms with Crippen molar-refractivity contribution in [3.8, 4) is 0 Å². The third-order valence-corrected chi connectivity index (χ3v) is 5.46. The number of benzene rings is 2. The van der Waals surface area contributed by atoms with Gasteiger partial charge in [0, 0.05) is 4.47 Å². The van der Waals surface area contributed by atoms with Crippen LogP contribution in [0.3, 0.4) is 0 Å². The van der Waals surface area contributed by atoms with Crippen molar-refractivity contribution in [3.63, 3.8) is 0 Å². The molecular weight excluding hydrogens is 324 g/mol. The minimum atomic E-state index is -0.382. The van der Waals surface area contributed by atoms with Crippen LogP contribution < -0.4 is 0 Å². The Balaban J connectivity index is 1.79. The molecule has 2 heteroatoms. The molecule has 1 aliphatic carbocycles. The number of hydrogen-bond donors (Lipinski definition) is 1. The highest BCUT2D eigenvalue weighted by molar-refractivity contribution is 9.10. The molecule has 0 amide bonds. The van der Waals surface area contributed by atoms with Gasteiger partial charge in [0.15, 0.2) is 0 Å². The Bertz CT molecular complexity index is 635. The Morgan fingerprint density at radius 1 is 1.24 bits per heavy atom. The number of halogens is 1. The van der Waals surface area contributed by atoms with E-state index < -0.39 is 0 Å². The molecule has 0 fully saturated rings. The Hall–Kier alpha value is -1.12. The van der Waals surface area contributed by atoms with E-state index in [0.29, 0.717) is 5.92 Å². The first-order valence-electron chi connectivity index (χ1n) is 7.67. The fraction of sp³-hybridized carbons (Fsp3) is 0.368. The number of aryl methyl sites for hydroxylation is 2. The summed E-state index contributed by atoms with van der Waals surface area (Å²) in [6, 6.07) is 14.8. The molecule has 2 aromatic rings. The Morgan fingerprint density at radius 2 is 2.05 bits per heavy atom. The zero-order valence-electron chi connectivity index (χ0n) is 12.3. The lowest BCUT2D eigenvalue weighted by molar-refractivity contribution is 0.154. The van der Waals surface area contributed by atoms with Crippen LogP contribution in [-0.2, 0) is 6.42 Å². The van der Waals surface area contributed by atoms with Gasteiger partial charge in [-0.25, -0.2) is 0 Å². The standard InChI is InChI=1S/C19H21BrO/c1-13-11-16(9-10-18(13)20)19(21)12-15-7-4-6-14-5-2-3-8-17(14)15/h2-3,5,8-11,15,19,21H,4,6-7,12H2,1H3. The maximum Gasteiger partial charge on any atom is 0.0796 e. The SMILES string of the molecule is Cc1cc(C(O)CC2CCCc3ccccc32)ccc1Br. The van der Waals surface area contributed by atoms with Crippen LogP contribution in [0.4, 0.5) is 0 Å². The fourth-order valence-electron chi connectivity index (χ4n) is 3.38. The van der Waals surface area contributed by atoms with Crippen molar-refractivity contribution in [2.75, 3.05) is 0 Å². The van der Waals surface area contributed by atoms with Crippen molar-refractivity contribution >= 4 is 15.9 Å². The molecule has 1 N–H and O–H groups in total. The second kappa shape index (κ2) is 6.33. The van der Waals surface area contributed by atoms with Gasteiger partial charge in [0.25, 0.3) is 0 Å². The first-order chi connectivity index (χ1) is 10.1. The van der Waals surface area contributed by atoms with Crippen molar-refractivity contribution in [3.05, 3.63) is 69.2 Å². The zero-order valence-corrected chi connectivity index (χ0v) is 13.9. The molecule has 0 spiro atoms. The summed E-state index contributed by atoms with van der Waals surface area (Å²) in [5.41, 5.74) is 5.11. The average molecular weight is 345 g/mol. The largest absolute Gasteiger partial charge is 0.388 e. The van der Waals surface area contributed by atoms with E-state index >= 15 is 0 Å². The van der Waals surface area contributed by atoms with Crippen LogP contribution in [-0.4, -0.2) is 5.11 Å². The Labute approximate surface area is 135 Å². The van der Waals surface area contributed by atoms with Gasteiger partial charge in [0.2, 0.25) is 0 Å². The van der Waals surface area contributed by atoms with Crippen LogP contribution in [0.25, 0.3) is 0 Å². The Kier molecular flexibility index (Phi) is 4.46. The zero-order chi connectivity index (χ0) is 14.8. The lowest BCUT2D eigenvalue weighted by Crippen LogP contribution is -2.13. The van der Waals surface area contributed by atoms with E-state index in [4.69, 9.17) is 0 Å². The summed E-state index contributed by atoms with van der Waals surface area (Å²) >= 11 is 3.52. The van der Waals surface area contributed by atoms with Crippen molar-refractivity contribution in [1.29, 1.82) is 0 Å². The molecule has 2 atom stereocenters. The quantitative estimate of drug-likeness (QED) is 0.800. The molecule has 0 aliphatic heterocycles. The number of rotatable bonds is 3. The average Bonchev–Trinajstić information content (AvgIpc) is 2.50. The summed E-state index contributed by atoms with van der Waals surface area (Å²) in [4.78, 5) is 0. The van der Waals surface area contributed by atoms with Crippen molar-refractivity contribution in [2.45, 2.75) is 44.6 Å². The van der Waals surface area contributed by atoms with Gasteiger partial charge in [0.1, 0.15) is 0 Å². The van der Waals surface area contributed by atoms with Gasteiger partial charge in [-0.15, -0.1) is 0 Å². The maximum atomic E-state index is 10.6. The summed E-state index contributed by atoms with van der Waals surface area (Å²) < 4.78 is 1.10. The number of hydrogen-bond acceptors (Lipinski definition) is 1. The van der Waals surface area contributed by atoms with E-state index in [1.54, 1.807) is 0 Å². The molecule has 2 unspecified atom stereocenters. The third-order valence-electron chi connectivity index (χ3n) is 4.57. The van der Waals surface area contributed by atoms with Crippen LogP contribution in [0.15, 0.2) is 46.9 Å². The van der Waals surface area contributed by atoms with E-state index in [1.165, 1.54) is 36.0 Å². The number of aliphatic hydroxyl groups is 1. The molecule has 0 heterocycles. The highest BCUT2D eigenvalue weighted by Crippen LogP contribution is 2.38. The number of fused-ring (bicyclic) bond motifs is 1. The van der Waals surface area contributed by atoms with Gasteiger partial charge in [-0.2, -0.15) is 0 Å². The van der Waals surface area contributed by atoms with Crippen molar-refractivity contribution in [1.82, 2.24) is 0 Å².